The largest absolute Gasteiger partial charge is 0.350 e. The number of anilines is 2. The van der Waals surface area contributed by atoms with Crippen LogP contribution in [0.15, 0.2) is 47.1 Å². The van der Waals surface area contributed by atoms with Gasteiger partial charge >= 0.3 is 0 Å². The van der Waals surface area contributed by atoms with Gasteiger partial charge in [-0.3, -0.25) is 9.59 Å². The minimum absolute atomic E-state index is 0.0717. The first-order valence-electron chi connectivity index (χ1n) is 6.75. The second-order valence-corrected chi connectivity index (χ2v) is 7.03. The van der Waals surface area contributed by atoms with Crippen molar-refractivity contribution < 1.29 is 9.59 Å². The summed E-state index contributed by atoms with van der Waals surface area (Å²) in [6, 6.07) is 9.22. The Morgan fingerprint density at radius 1 is 0.840 bits per heavy atom. The smallest absolute Gasteiger partial charge is 0.283 e. The highest BCUT2D eigenvalue weighted by atomic mass is 35.5. The third kappa shape index (κ3) is 3.46. The predicted molar refractivity (Wildman–Crippen MR) is 102 cm³/mol. The molecule has 0 bridgehead atoms. The van der Waals surface area contributed by atoms with E-state index in [9.17, 15) is 9.59 Å². The zero-order chi connectivity index (χ0) is 18.3. The van der Waals surface area contributed by atoms with Gasteiger partial charge in [0.25, 0.3) is 11.8 Å². The minimum atomic E-state index is -0.716. The molecule has 2 aromatic carbocycles. The molecule has 1 heterocycles. The van der Waals surface area contributed by atoms with Crippen LogP contribution in [0.2, 0.25) is 20.1 Å². The summed E-state index contributed by atoms with van der Waals surface area (Å²) in [7, 11) is 0. The van der Waals surface area contributed by atoms with Gasteiger partial charge in [-0.1, -0.05) is 64.1 Å². The summed E-state index contributed by atoms with van der Waals surface area (Å²) < 4.78 is 0. The molecule has 0 aromatic heterocycles. The molecular weight excluding hydrogens is 429 g/mol. The molecule has 1 N–H and O–H groups in total. The Morgan fingerprint density at radius 3 is 2.12 bits per heavy atom. The van der Waals surface area contributed by atoms with Crippen LogP contribution in [-0.2, 0) is 9.59 Å². The predicted octanol–water partition coefficient (Wildman–Crippen LogP) is 5.74. The lowest BCUT2D eigenvalue weighted by molar-refractivity contribution is -0.120. The molecule has 0 radical (unpaired) electrons. The summed E-state index contributed by atoms with van der Waals surface area (Å²) in [5.41, 5.74) is 0.440. The van der Waals surface area contributed by atoms with Gasteiger partial charge in [-0.05, 0) is 30.3 Å². The maximum absolute atomic E-state index is 12.7. The third-order valence-electron chi connectivity index (χ3n) is 3.33. The molecule has 1 aliphatic rings. The van der Waals surface area contributed by atoms with Crippen molar-refractivity contribution in [3.8, 4) is 0 Å². The van der Waals surface area contributed by atoms with Gasteiger partial charge in [-0.15, -0.1) is 0 Å². The van der Waals surface area contributed by atoms with Gasteiger partial charge in [-0.25, -0.2) is 4.90 Å². The zero-order valence-electron chi connectivity index (χ0n) is 12.1. The highest BCUT2D eigenvalue weighted by Crippen LogP contribution is 2.37. The van der Waals surface area contributed by atoms with E-state index in [1.807, 2.05) is 0 Å². The second-order valence-electron chi connectivity index (χ2n) is 4.99. The van der Waals surface area contributed by atoms with Crippen LogP contribution >= 0.6 is 58.0 Å². The topological polar surface area (TPSA) is 49.4 Å². The molecular formula is C16H7Cl5N2O2. The van der Waals surface area contributed by atoms with Crippen molar-refractivity contribution in [2.75, 3.05) is 10.2 Å². The Hall–Kier alpha value is -1.43. The van der Waals surface area contributed by atoms with E-state index in [1.165, 1.54) is 24.3 Å². The average molecular weight is 437 g/mol. The van der Waals surface area contributed by atoms with Crippen molar-refractivity contribution in [2.24, 2.45) is 0 Å². The van der Waals surface area contributed by atoms with Gasteiger partial charge < -0.3 is 5.32 Å². The first-order valence-corrected chi connectivity index (χ1v) is 8.64. The van der Waals surface area contributed by atoms with Gasteiger partial charge in [0.05, 0.1) is 15.7 Å². The van der Waals surface area contributed by atoms with Crippen LogP contribution in [0.5, 0.6) is 0 Å². The number of imide groups is 1. The summed E-state index contributed by atoms with van der Waals surface area (Å²) >= 11 is 30.0. The van der Waals surface area contributed by atoms with Crippen LogP contribution in [0.3, 0.4) is 0 Å². The fourth-order valence-corrected chi connectivity index (χ4v) is 3.38. The maximum atomic E-state index is 12.7. The summed E-state index contributed by atoms with van der Waals surface area (Å²) in [5, 5.41) is 3.49. The number of nitrogens with zero attached hydrogens (tertiary/aromatic N) is 1. The van der Waals surface area contributed by atoms with Gasteiger partial charge in [0.2, 0.25) is 0 Å². The van der Waals surface area contributed by atoms with Gasteiger partial charge in [0, 0.05) is 15.7 Å². The van der Waals surface area contributed by atoms with Crippen molar-refractivity contribution in [3.63, 3.8) is 0 Å². The maximum Gasteiger partial charge on any atom is 0.283 e. The molecule has 128 valence electrons. The fraction of sp³-hybridized carbons (Fsp3) is 0. The first-order chi connectivity index (χ1) is 11.8. The molecule has 2 amide bonds. The number of carbonyl (C=O) groups excluding carboxylic acids is 2. The van der Waals surface area contributed by atoms with Crippen molar-refractivity contribution in [1.29, 1.82) is 0 Å². The standard InChI is InChI=1S/C16H7Cl5N2O2/c17-7-4-8(18)6-9(5-7)22-14-13(21)15(24)23(16(14)25)11-3-1-2-10(19)12(11)20/h1-6,22H. The lowest BCUT2D eigenvalue weighted by Gasteiger charge is -2.17. The number of benzene rings is 2. The number of amides is 2. The van der Waals surface area contributed by atoms with E-state index in [1.54, 1.807) is 12.1 Å². The molecule has 4 nitrogen and oxygen atoms in total. The monoisotopic (exact) mass is 434 g/mol. The summed E-state index contributed by atoms with van der Waals surface area (Å²) in [6.07, 6.45) is 0. The molecule has 25 heavy (non-hydrogen) atoms. The van der Waals surface area contributed by atoms with E-state index >= 15 is 0 Å². The number of nitrogens with one attached hydrogen (secondary N) is 1. The fourth-order valence-electron chi connectivity index (χ4n) is 2.27. The molecule has 0 saturated heterocycles. The van der Waals surface area contributed by atoms with Crippen LogP contribution in [0.4, 0.5) is 11.4 Å². The molecule has 0 fully saturated rings. The third-order valence-corrected chi connectivity index (χ3v) is 4.93. The number of halogens is 5. The van der Waals surface area contributed by atoms with Crippen LogP contribution < -0.4 is 10.2 Å². The Morgan fingerprint density at radius 2 is 1.48 bits per heavy atom. The minimum Gasteiger partial charge on any atom is -0.350 e. The zero-order valence-corrected chi connectivity index (χ0v) is 15.9. The molecule has 2 aromatic rings. The normalized spacial score (nSPS) is 14.5. The van der Waals surface area contributed by atoms with Gasteiger partial charge in [0.1, 0.15) is 10.7 Å². The molecule has 0 saturated carbocycles. The Bertz CT molecular complexity index is 922. The van der Waals surface area contributed by atoms with Crippen molar-refractivity contribution in [1.82, 2.24) is 0 Å². The summed E-state index contributed by atoms with van der Waals surface area (Å²) in [5.74, 6) is -1.39. The van der Waals surface area contributed by atoms with Crippen LogP contribution in [0.25, 0.3) is 0 Å². The summed E-state index contributed by atoms with van der Waals surface area (Å²) in [6.45, 7) is 0. The van der Waals surface area contributed by atoms with E-state index in [-0.39, 0.29) is 26.5 Å². The lowest BCUT2D eigenvalue weighted by atomic mass is 10.3. The molecule has 1 aliphatic heterocycles. The molecule has 0 unspecified atom stereocenters. The lowest BCUT2D eigenvalue weighted by Crippen LogP contribution is -2.32. The number of hydrogen-bond donors (Lipinski definition) is 1. The van der Waals surface area contributed by atoms with E-state index in [2.05, 4.69) is 5.32 Å². The van der Waals surface area contributed by atoms with Gasteiger partial charge in [-0.2, -0.15) is 0 Å². The van der Waals surface area contributed by atoms with Crippen molar-refractivity contribution in [2.45, 2.75) is 0 Å². The van der Waals surface area contributed by atoms with E-state index < -0.39 is 11.8 Å². The SMILES string of the molecule is O=C1C(Cl)=C(Nc2cc(Cl)cc(Cl)c2)C(=O)N1c1cccc(Cl)c1Cl. The average Bonchev–Trinajstić information content (AvgIpc) is 2.73. The molecule has 0 spiro atoms. The highest BCUT2D eigenvalue weighted by molar-refractivity contribution is 6.54. The van der Waals surface area contributed by atoms with Crippen LogP contribution in [-0.4, -0.2) is 11.8 Å². The van der Waals surface area contributed by atoms with E-state index in [4.69, 9.17) is 58.0 Å². The van der Waals surface area contributed by atoms with Crippen LogP contribution in [0, 0.1) is 0 Å². The number of hydrogen-bond acceptors (Lipinski definition) is 3. The second kappa shape index (κ2) is 7.06. The van der Waals surface area contributed by atoms with Crippen molar-refractivity contribution in [3.05, 3.63) is 67.2 Å². The molecule has 0 atom stereocenters. The Kier molecular flexibility index (Phi) is 5.19. The van der Waals surface area contributed by atoms with E-state index in [0.29, 0.717) is 15.7 Å². The highest BCUT2D eigenvalue weighted by Gasteiger charge is 2.40. The molecule has 9 heteroatoms. The van der Waals surface area contributed by atoms with Crippen LogP contribution in [0.1, 0.15) is 0 Å². The first kappa shape index (κ1) is 18.4. The van der Waals surface area contributed by atoms with Gasteiger partial charge in [0.15, 0.2) is 0 Å². The Balaban J connectivity index is 1.98. The number of carbonyl (C=O) groups is 2. The Labute approximate surface area is 167 Å². The van der Waals surface area contributed by atoms with E-state index in [0.717, 1.165) is 4.90 Å². The molecule has 3 rings (SSSR count). The summed E-state index contributed by atoms with van der Waals surface area (Å²) in [4.78, 5) is 26.0. The molecule has 0 aliphatic carbocycles. The quantitative estimate of drug-likeness (QED) is 0.625. The number of rotatable bonds is 3. The van der Waals surface area contributed by atoms with Crippen molar-refractivity contribution >= 4 is 81.2 Å².